The molecule has 0 aliphatic heterocycles. The molecule has 4 aromatic rings. The average molecular weight is 466 g/mol. The number of carbonyl (C=O) groups is 1. The summed E-state index contributed by atoms with van der Waals surface area (Å²) in [6.07, 6.45) is 1.05. The first-order chi connectivity index (χ1) is 15.3. The van der Waals surface area contributed by atoms with E-state index in [1.165, 1.54) is 11.3 Å². The molecule has 1 heterocycles. The van der Waals surface area contributed by atoms with Gasteiger partial charge < -0.3 is 5.32 Å². The van der Waals surface area contributed by atoms with Gasteiger partial charge in [-0.2, -0.15) is 0 Å². The van der Waals surface area contributed by atoms with Gasteiger partial charge in [0.2, 0.25) is 5.91 Å². The SMILES string of the molecule is Cc1ccc(S(=O)(=O)Nc2nc3c(C)cc(NC(=O)CCc4ccccc4)cc3s2)cc1. The van der Waals surface area contributed by atoms with Crippen LogP contribution in [0.3, 0.4) is 0 Å². The summed E-state index contributed by atoms with van der Waals surface area (Å²) in [5.74, 6) is -0.0718. The third kappa shape index (κ3) is 5.15. The van der Waals surface area contributed by atoms with Crippen molar-refractivity contribution in [3.63, 3.8) is 0 Å². The number of hydrogen-bond acceptors (Lipinski definition) is 5. The number of anilines is 2. The standard InChI is InChI=1S/C24H23N3O3S2/c1-16-8-11-20(12-9-16)32(29,30)27-24-26-23-17(2)14-19(15-21(23)31-24)25-22(28)13-10-18-6-4-3-5-7-18/h3-9,11-12,14-15H,10,13H2,1-2H3,(H,25,28)(H,26,27). The van der Waals surface area contributed by atoms with Gasteiger partial charge in [-0.1, -0.05) is 59.4 Å². The third-order valence-electron chi connectivity index (χ3n) is 5.01. The Labute approximate surface area is 191 Å². The summed E-state index contributed by atoms with van der Waals surface area (Å²) in [6.45, 7) is 3.79. The van der Waals surface area contributed by atoms with E-state index in [1.807, 2.05) is 56.3 Å². The molecule has 0 saturated heterocycles. The molecule has 2 N–H and O–H groups in total. The van der Waals surface area contributed by atoms with E-state index in [1.54, 1.807) is 24.3 Å². The molecule has 0 fully saturated rings. The lowest BCUT2D eigenvalue weighted by atomic mass is 10.1. The maximum absolute atomic E-state index is 12.7. The Balaban J connectivity index is 1.49. The summed E-state index contributed by atoms with van der Waals surface area (Å²) in [6, 6.07) is 20.2. The predicted molar refractivity (Wildman–Crippen MR) is 130 cm³/mol. The largest absolute Gasteiger partial charge is 0.326 e. The van der Waals surface area contributed by atoms with Crippen LogP contribution in [-0.4, -0.2) is 19.3 Å². The molecule has 32 heavy (non-hydrogen) atoms. The van der Waals surface area contributed by atoms with E-state index in [4.69, 9.17) is 0 Å². The molecule has 1 aromatic heterocycles. The van der Waals surface area contributed by atoms with Crippen LogP contribution in [-0.2, 0) is 21.2 Å². The second kappa shape index (κ2) is 9.10. The van der Waals surface area contributed by atoms with Crippen molar-refractivity contribution < 1.29 is 13.2 Å². The number of aromatic nitrogens is 1. The van der Waals surface area contributed by atoms with Crippen molar-refractivity contribution in [1.82, 2.24) is 4.98 Å². The summed E-state index contributed by atoms with van der Waals surface area (Å²) >= 11 is 1.23. The second-order valence-electron chi connectivity index (χ2n) is 7.61. The molecule has 0 unspecified atom stereocenters. The molecule has 0 spiro atoms. The highest BCUT2D eigenvalue weighted by Crippen LogP contribution is 2.32. The van der Waals surface area contributed by atoms with Gasteiger partial charge in [-0.05, 0) is 55.7 Å². The van der Waals surface area contributed by atoms with Crippen LogP contribution in [0.4, 0.5) is 10.8 Å². The minimum absolute atomic E-state index is 0.0718. The lowest BCUT2D eigenvalue weighted by molar-refractivity contribution is -0.116. The van der Waals surface area contributed by atoms with Gasteiger partial charge in [-0.25, -0.2) is 13.4 Å². The Hall–Kier alpha value is -3.23. The zero-order chi connectivity index (χ0) is 22.7. The maximum atomic E-state index is 12.7. The van der Waals surface area contributed by atoms with Crippen molar-refractivity contribution in [3.05, 3.63) is 83.4 Å². The fourth-order valence-electron chi connectivity index (χ4n) is 3.33. The molecule has 0 saturated carbocycles. The van der Waals surface area contributed by atoms with Gasteiger partial charge >= 0.3 is 0 Å². The number of nitrogens with one attached hydrogen (secondary N) is 2. The van der Waals surface area contributed by atoms with Gasteiger partial charge in [-0.15, -0.1) is 0 Å². The van der Waals surface area contributed by atoms with Crippen molar-refractivity contribution in [3.8, 4) is 0 Å². The molecule has 0 aliphatic carbocycles. The Bertz CT molecular complexity index is 1360. The number of rotatable bonds is 7. The number of nitrogens with zero attached hydrogens (tertiary/aromatic N) is 1. The minimum atomic E-state index is -3.73. The molecular formula is C24H23N3O3S2. The molecule has 4 rings (SSSR count). The Kier molecular flexibility index (Phi) is 6.25. The lowest BCUT2D eigenvalue weighted by Crippen LogP contribution is -2.12. The molecule has 164 valence electrons. The molecule has 0 bridgehead atoms. The molecule has 1 amide bonds. The summed E-state index contributed by atoms with van der Waals surface area (Å²) < 4.78 is 28.7. The van der Waals surface area contributed by atoms with Crippen molar-refractivity contribution in [2.45, 2.75) is 31.6 Å². The van der Waals surface area contributed by atoms with E-state index in [9.17, 15) is 13.2 Å². The van der Waals surface area contributed by atoms with Crippen LogP contribution < -0.4 is 10.0 Å². The quantitative estimate of drug-likeness (QED) is 0.388. The molecule has 0 atom stereocenters. The van der Waals surface area contributed by atoms with Crippen LogP contribution in [0.2, 0.25) is 0 Å². The van der Waals surface area contributed by atoms with E-state index in [0.717, 1.165) is 21.4 Å². The molecule has 3 aromatic carbocycles. The van der Waals surface area contributed by atoms with Crippen LogP contribution >= 0.6 is 11.3 Å². The predicted octanol–water partition coefficient (Wildman–Crippen LogP) is 5.29. The summed E-state index contributed by atoms with van der Waals surface area (Å²) in [5, 5.41) is 3.22. The van der Waals surface area contributed by atoms with Gasteiger partial charge in [0.25, 0.3) is 10.0 Å². The highest BCUT2D eigenvalue weighted by atomic mass is 32.2. The van der Waals surface area contributed by atoms with Gasteiger partial charge in [-0.3, -0.25) is 9.52 Å². The first kappa shape index (κ1) is 22.0. The summed E-state index contributed by atoms with van der Waals surface area (Å²) in [4.78, 5) is 17.0. The lowest BCUT2D eigenvalue weighted by Gasteiger charge is -2.07. The van der Waals surface area contributed by atoms with Crippen molar-refractivity contribution in [2.75, 3.05) is 10.0 Å². The van der Waals surface area contributed by atoms with Crippen LogP contribution in [0.1, 0.15) is 23.1 Å². The van der Waals surface area contributed by atoms with Gasteiger partial charge in [0.15, 0.2) is 5.13 Å². The topological polar surface area (TPSA) is 88.2 Å². The maximum Gasteiger partial charge on any atom is 0.263 e. The fourth-order valence-corrected chi connectivity index (χ4v) is 5.55. The number of sulfonamides is 1. The van der Waals surface area contributed by atoms with E-state index in [2.05, 4.69) is 15.0 Å². The van der Waals surface area contributed by atoms with Gasteiger partial charge in [0.05, 0.1) is 15.1 Å². The van der Waals surface area contributed by atoms with Gasteiger partial charge in [0.1, 0.15) is 0 Å². The molecule has 6 nitrogen and oxygen atoms in total. The van der Waals surface area contributed by atoms with Crippen LogP contribution in [0.25, 0.3) is 10.2 Å². The molecule has 8 heteroatoms. The van der Waals surface area contributed by atoms with Crippen LogP contribution in [0, 0.1) is 13.8 Å². The van der Waals surface area contributed by atoms with E-state index >= 15 is 0 Å². The number of aryl methyl sites for hydroxylation is 3. The zero-order valence-corrected chi connectivity index (χ0v) is 19.4. The normalized spacial score (nSPS) is 11.4. The third-order valence-corrected chi connectivity index (χ3v) is 7.41. The highest BCUT2D eigenvalue weighted by Gasteiger charge is 2.17. The zero-order valence-electron chi connectivity index (χ0n) is 17.8. The van der Waals surface area contributed by atoms with Crippen LogP contribution in [0.15, 0.2) is 71.6 Å². The number of carbonyl (C=O) groups excluding carboxylic acids is 1. The van der Waals surface area contributed by atoms with E-state index < -0.39 is 10.0 Å². The number of amides is 1. The summed E-state index contributed by atoms with van der Waals surface area (Å²) in [5.41, 5.74) is 4.33. The van der Waals surface area contributed by atoms with Crippen LogP contribution in [0.5, 0.6) is 0 Å². The smallest absolute Gasteiger partial charge is 0.263 e. The number of fused-ring (bicyclic) bond motifs is 1. The number of hydrogen-bond donors (Lipinski definition) is 2. The van der Waals surface area contributed by atoms with Crippen molar-refractivity contribution >= 4 is 48.3 Å². The monoisotopic (exact) mass is 465 g/mol. The summed E-state index contributed by atoms with van der Waals surface area (Å²) in [7, 11) is -3.73. The van der Waals surface area contributed by atoms with Crippen molar-refractivity contribution in [1.29, 1.82) is 0 Å². The Morgan fingerprint density at radius 3 is 2.44 bits per heavy atom. The average Bonchev–Trinajstić information content (AvgIpc) is 3.15. The second-order valence-corrected chi connectivity index (χ2v) is 10.3. The first-order valence-electron chi connectivity index (χ1n) is 10.1. The Morgan fingerprint density at radius 2 is 1.72 bits per heavy atom. The van der Waals surface area contributed by atoms with Crippen molar-refractivity contribution in [2.24, 2.45) is 0 Å². The Morgan fingerprint density at radius 1 is 1.00 bits per heavy atom. The minimum Gasteiger partial charge on any atom is -0.326 e. The number of benzene rings is 3. The molecular weight excluding hydrogens is 442 g/mol. The fraction of sp³-hybridized carbons (Fsp3) is 0.167. The number of thiazole rings is 1. The van der Waals surface area contributed by atoms with E-state index in [-0.39, 0.29) is 15.9 Å². The van der Waals surface area contributed by atoms with E-state index in [0.29, 0.717) is 24.0 Å². The first-order valence-corrected chi connectivity index (χ1v) is 12.4. The van der Waals surface area contributed by atoms with Gasteiger partial charge in [0, 0.05) is 12.1 Å². The molecule has 0 radical (unpaired) electrons. The highest BCUT2D eigenvalue weighted by molar-refractivity contribution is 7.93. The molecule has 0 aliphatic rings.